The Morgan fingerprint density at radius 2 is 1.64 bits per heavy atom. The Balaban J connectivity index is 1.62. The number of Topliss-reactive ketones (excluding diaryl/α,β-unsaturated/α-hetero) is 2. The van der Waals surface area contributed by atoms with E-state index in [0.717, 1.165) is 27.3 Å². The van der Waals surface area contributed by atoms with E-state index in [1.807, 2.05) is 55.5 Å². The molecule has 3 aromatic carbocycles. The van der Waals surface area contributed by atoms with Crippen LogP contribution in [0, 0.1) is 6.92 Å². The highest BCUT2D eigenvalue weighted by Gasteiger charge is 2.17. The van der Waals surface area contributed by atoms with Crippen molar-refractivity contribution < 1.29 is 14.0 Å². The highest BCUT2D eigenvalue weighted by Crippen LogP contribution is 2.23. The van der Waals surface area contributed by atoms with Crippen LogP contribution in [0.2, 0.25) is 0 Å². The Kier molecular flexibility index (Phi) is 3.69. The maximum atomic E-state index is 12.6. The van der Waals surface area contributed by atoms with Crippen LogP contribution in [0.25, 0.3) is 21.7 Å². The van der Waals surface area contributed by atoms with E-state index in [2.05, 4.69) is 0 Å². The van der Waals surface area contributed by atoms with Gasteiger partial charge in [0.2, 0.25) is 0 Å². The van der Waals surface area contributed by atoms with Crippen molar-refractivity contribution in [3.63, 3.8) is 0 Å². The van der Waals surface area contributed by atoms with E-state index < -0.39 is 0 Å². The quantitative estimate of drug-likeness (QED) is 0.375. The van der Waals surface area contributed by atoms with Gasteiger partial charge in [0, 0.05) is 16.5 Å². The number of carbonyl (C=O) groups is 2. The van der Waals surface area contributed by atoms with Crippen LogP contribution in [-0.2, 0) is 0 Å². The standard InChI is InChI=1S/C22H16O3/c1-14-10-22-18(8-9-25-22)12-19(14)21(24)13-20(23)17-7-6-15-4-2-3-5-16(15)11-17/h2-12H,13H2,1H3. The molecule has 0 unspecified atom stereocenters. The minimum atomic E-state index is -0.168. The second kappa shape index (κ2) is 6.02. The number of fused-ring (bicyclic) bond motifs is 2. The summed E-state index contributed by atoms with van der Waals surface area (Å²) >= 11 is 0. The average Bonchev–Trinajstić information content (AvgIpc) is 3.07. The van der Waals surface area contributed by atoms with Gasteiger partial charge in [-0.05, 0) is 47.5 Å². The van der Waals surface area contributed by atoms with Gasteiger partial charge in [0.25, 0.3) is 0 Å². The minimum absolute atomic E-state index is 0.136. The molecule has 0 saturated heterocycles. The van der Waals surface area contributed by atoms with Crippen LogP contribution in [0.4, 0.5) is 0 Å². The highest BCUT2D eigenvalue weighted by molar-refractivity contribution is 6.15. The Labute approximate surface area is 144 Å². The normalized spacial score (nSPS) is 11.1. The molecule has 0 spiro atoms. The van der Waals surface area contributed by atoms with Crippen LogP contribution >= 0.6 is 0 Å². The molecule has 0 amide bonds. The van der Waals surface area contributed by atoms with Crippen molar-refractivity contribution in [2.75, 3.05) is 0 Å². The molecule has 0 saturated carbocycles. The molecule has 1 aromatic heterocycles. The van der Waals surface area contributed by atoms with Gasteiger partial charge in [0.1, 0.15) is 5.58 Å². The molecule has 3 nitrogen and oxygen atoms in total. The van der Waals surface area contributed by atoms with Crippen LogP contribution in [0.5, 0.6) is 0 Å². The molecule has 0 radical (unpaired) electrons. The highest BCUT2D eigenvalue weighted by atomic mass is 16.3. The Morgan fingerprint density at radius 3 is 2.48 bits per heavy atom. The van der Waals surface area contributed by atoms with Gasteiger partial charge in [-0.15, -0.1) is 0 Å². The number of carbonyl (C=O) groups excluding carboxylic acids is 2. The molecule has 3 heteroatoms. The summed E-state index contributed by atoms with van der Waals surface area (Å²) in [5.41, 5.74) is 2.70. The molecule has 4 aromatic rings. The molecule has 0 atom stereocenters. The lowest BCUT2D eigenvalue weighted by Crippen LogP contribution is -2.10. The molecule has 0 aliphatic carbocycles. The summed E-state index contributed by atoms with van der Waals surface area (Å²) in [6.45, 7) is 1.86. The van der Waals surface area contributed by atoms with Crippen LogP contribution in [0.3, 0.4) is 0 Å². The summed E-state index contributed by atoms with van der Waals surface area (Å²) in [6, 6.07) is 18.8. The maximum absolute atomic E-state index is 12.6. The lowest BCUT2D eigenvalue weighted by Gasteiger charge is -2.06. The summed E-state index contributed by atoms with van der Waals surface area (Å²) in [5.74, 6) is -0.332. The third-order valence-electron chi connectivity index (χ3n) is 4.49. The zero-order chi connectivity index (χ0) is 17.4. The third-order valence-corrected chi connectivity index (χ3v) is 4.49. The van der Waals surface area contributed by atoms with E-state index in [4.69, 9.17) is 4.42 Å². The summed E-state index contributed by atoms with van der Waals surface area (Å²) in [7, 11) is 0. The molecule has 0 bridgehead atoms. The van der Waals surface area contributed by atoms with E-state index in [1.165, 1.54) is 0 Å². The number of ketones is 2. The second-order valence-corrected chi connectivity index (χ2v) is 6.21. The Bertz CT molecular complexity index is 1120. The lowest BCUT2D eigenvalue weighted by molar-refractivity contribution is 0.0894. The smallest absolute Gasteiger partial charge is 0.170 e. The predicted octanol–water partition coefficient (Wildman–Crippen LogP) is 5.35. The van der Waals surface area contributed by atoms with Crippen LogP contribution in [0.15, 0.2) is 71.3 Å². The molecular weight excluding hydrogens is 312 g/mol. The molecule has 1 heterocycles. The number of hydrogen-bond acceptors (Lipinski definition) is 3. The SMILES string of the molecule is Cc1cc2occc2cc1C(=O)CC(=O)c1ccc2ccccc2c1. The fraction of sp³-hybridized carbons (Fsp3) is 0.0909. The van der Waals surface area contributed by atoms with Gasteiger partial charge in [-0.2, -0.15) is 0 Å². The first-order valence-electron chi connectivity index (χ1n) is 8.15. The van der Waals surface area contributed by atoms with Gasteiger partial charge in [0.15, 0.2) is 11.6 Å². The van der Waals surface area contributed by atoms with E-state index in [9.17, 15) is 9.59 Å². The zero-order valence-electron chi connectivity index (χ0n) is 13.8. The fourth-order valence-electron chi connectivity index (χ4n) is 3.12. The van der Waals surface area contributed by atoms with Gasteiger partial charge in [-0.1, -0.05) is 36.4 Å². The van der Waals surface area contributed by atoms with Crippen molar-refractivity contribution in [3.05, 3.63) is 83.6 Å². The number of hydrogen-bond donors (Lipinski definition) is 0. The molecule has 25 heavy (non-hydrogen) atoms. The fourth-order valence-corrected chi connectivity index (χ4v) is 3.12. The van der Waals surface area contributed by atoms with Crippen LogP contribution in [-0.4, -0.2) is 11.6 Å². The van der Waals surface area contributed by atoms with E-state index in [-0.39, 0.29) is 18.0 Å². The zero-order valence-corrected chi connectivity index (χ0v) is 13.8. The van der Waals surface area contributed by atoms with E-state index >= 15 is 0 Å². The van der Waals surface area contributed by atoms with Gasteiger partial charge in [-0.3, -0.25) is 9.59 Å². The lowest BCUT2D eigenvalue weighted by atomic mass is 9.96. The molecule has 0 aliphatic rings. The van der Waals surface area contributed by atoms with E-state index in [1.54, 1.807) is 18.4 Å². The van der Waals surface area contributed by atoms with Gasteiger partial charge >= 0.3 is 0 Å². The minimum Gasteiger partial charge on any atom is -0.464 e. The largest absolute Gasteiger partial charge is 0.464 e. The van der Waals surface area contributed by atoms with Crippen molar-refractivity contribution in [1.29, 1.82) is 0 Å². The van der Waals surface area contributed by atoms with Crippen LogP contribution in [0.1, 0.15) is 32.7 Å². The second-order valence-electron chi connectivity index (χ2n) is 6.21. The number of aryl methyl sites for hydroxylation is 1. The topological polar surface area (TPSA) is 47.3 Å². The molecule has 0 N–H and O–H groups in total. The van der Waals surface area contributed by atoms with Crippen LogP contribution < -0.4 is 0 Å². The molecule has 4 rings (SSSR count). The molecule has 0 fully saturated rings. The summed E-state index contributed by atoms with van der Waals surface area (Å²) in [4.78, 5) is 25.2. The van der Waals surface area contributed by atoms with E-state index in [0.29, 0.717) is 11.1 Å². The first kappa shape index (κ1) is 15.3. The van der Waals surface area contributed by atoms with Crippen molar-refractivity contribution in [3.8, 4) is 0 Å². The van der Waals surface area contributed by atoms with Gasteiger partial charge in [0.05, 0.1) is 12.7 Å². The number of furan rings is 1. The van der Waals surface area contributed by atoms with Crippen molar-refractivity contribution in [2.45, 2.75) is 13.3 Å². The Hall–Kier alpha value is -3.20. The number of rotatable bonds is 4. The maximum Gasteiger partial charge on any atom is 0.170 e. The monoisotopic (exact) mass is 328 g/mol. The first-order valence-corrected chi connectivity index (χ1v) is 8.15. The third kappa shape index (κ3) is 2.85. The van der Waals surface area contributed by atoms with Gasteiger partial charge in [-0.25, -0.2) is 0 Å². The summed E-state index contributed by atoms with van der Waals surface area (Å²) in [5, 5.41) is 2.94. The summed E-state index contributed by atoms with van der Waals surface area (Å²) in [6.07, 6.45) is 1.46. The summed E-state index contributed by atoms with van der Waals surface area (Å²) < 4.78 is 5.35. The number of benzene rings is 3. The molecule has 122 valence electrons. The van der Waals surface area contributed by atoms with Gasteiger partial charge < -0.3 is 4.42 Å². The predicted molar refractivity (Wildman–Crippen MR) is 98.2 cm³/mol. The molecular formula is C22H16O3. The Morgan fingerprint density at radius 1 is 0.840 bits per heavy atom. The van der Waals surface area contributed by atoms with Crippen molar-refractivity contribution >= 4 is 33.3 Å². The average molecular weight is 328 g/mol. The molecule has 0 aliphatic heterocycles. The first-order chi connectivity index (χ1) is 12.1. The van der Waals surface area contributed by atoms with Crippen molar-refractivity contribution in [2.24, 2.45) is 0 Å². The van der Waals surface area contributed by atoms with Crippen molar-refractivity contribution in [1.82, 2.24) is 0 Å².